The van der Waals surface area contributed by atoms with E-state index in [0.29, 0.717) is 39.8 Å². The van der Waals surface area contributed by atoms with Crippen LogP contribution in [0, 0.1) is 0 Å². The van der Waals surface area contributed by atoms with Crippen molar-refractivity contribution in [2.24, 2.45) is 0 Å². The molecular weight excluding hydrogens is 460 g/mol. The number of nitrogens with one attached hydrogen (secondary N) is 1. The van der Waals surface area contributed by atoms with Crippen molar-refractivity contribution in [1.82, 2.24) is 14.8 Å². The highest BCUT2D eigenvalue weighted by molar-refractivity contribution is 7.98. The molecule has 1 aliphatic rings. The van der Waals surface area contributed by atoms with Gasteiger partial charge in [0.1, 0.15) is 11.8 Å². The molecule has 2 aromatic carbocycles. The van der Waals surface area contributed by atoms with Gasteiger partial charge in [0.2, 0.25) is 11.1 Å². The molecule has 0 bridgehead atoms. The number of hydrogen-bond donors (Lipinski definition) is 2. The second kappa shape index (κ2) is 10.3. The van der Waals surface area contributed by atoms with Gasteiger partial charge in [-0.25, -0.2) is 9.48 Å². The van der Waals surface area contributed by atoms with Crippen LogP contribution in [-0.4, -0.2) is 32.4 Å². The molecule has 4 rings (SSSR count). The number of esters is 1. The van der Waals surface area contributed by atoms with Crippen LogP contribution < -0.4 is 5.32 Å². The Kier molecular flexibility index (Phi) is 7.25. The first-order valence-electron chi connectivity index (χ1n) is 10.7. The lowest BCUT2D eigenvalue weighted by Crippen LogP contribution is -2.29. The first-order chi connectivity index (χ1) is 16.0. The van der Waals surface area contributed by atoms with Gasteiger partial charge in [0.15, 0.2) is 0 Å². The first kappa shape index (κ1) is 23.2. The maximum Gasteiger partial charge on any atom is 0.338 e. The number of phenolic OH excluding ortho intramolecular Hbond substituents is 1. The van der Waals surface area contributed by atoms with Crippen LogP contribution in [-0.2, 0) is 15.3 Å². The Morgan fingerprint density at radius 2 is 2.00 bits per heavy atom. The Hall–Kier alpha value is -2.97. The van der Waals surface area contributed by atoms with Gasteiger partial charge in [-0.2, -0.15) is 4.98 Å². The van der Waals surface area contributed by atoms with Crippen molar-refractivity contribution in [3.63, 3.8) is 0 Å². The van der Waals surface area contributed by atoms with Crippen molar-refractivity contribution >= 4 is 35.3 Å². The van der Waals surface area contributed by atoms with Crippen LogP contribution in [0.4, 0.5) is 5.95 Å². The summed E-state index contributed by atoms with van der Waals surface area (Å²) < 4.78 is 7.24. The van der Waals surface area contributed by atoms with Crippen molar-refractivity contribution in [2.75, 3.05) is 11.9 Å². The summed E-state index contributed by atoms with van der Waals surface area (Å²) >= 11 is 7.75. The van der Waals surface area contributed by atoms with E-state index < -0.39 is 12.0 Å². The number of thioether (sulfide) groups is 1. The summed E-state index contributed by atoms with van der Waals surface area (Å²) in [5, 5.41) is 18.9. The van der Waals surface area contributed by atoms with Gasteiger partial charge in [-0.1, -0.05) is 67.0 Å². The standard InChI is InChI=1S/C24H25ClN4O3S/c1-3-4-13-32-22(31)20-15(2)26-23-27-24(33-14-17-7-5-6-8-19(17)25)28-29(23)21(20)16-9-11-18(30)12-10-16/h5-12,21,30H,3-4,13-14H2,1-2H3,(H,26,27,28). The van der Waals surface area contributed by atoms with Gasteiger partial charge in [-0.15, -0.1) is 5.10 Å². The van der Waals surface area contributed by atoms with Gasteiger partial charge in [0.25, 0.3) is 0 Å². The lowest BCUT2D eigenvalue weighted by atomic mass is 9.96. The topological polar surface area (TPSA) is 89.3 Å². The van der Waals surface area contributed by atoms with Gasteiger partial charge < -0.3 is 15.2 Å². The third-order valence-electron chi connectivity index (χ3n) is 5.31. The first-order valence-corrected chi connectivity index (χ1v) is 12.1. The highest BCUT2D eigenvalue weighted by atomic mass is 35.5. The third kappa shape index (κ3) is 5.17. The summed E-state index contributed by atoms with van der Waals surface area (Å²) in [6, 6.07) is 13.9. The van der Waals surface area contributed by atoms with Crippen molar-refractivity contribution in [2.45, 2.75) is 43.6 Å². The number of benzene rings is 2. The molecule has 1 aliphatic heterocycles. The largest absolute Gasteiger partial charge is 0.508 e. The predicted molar refractivity (Wildman–Crippen MR) is 129 cm³/mol. The Morgan fingerprint density at radius 3 is 2.73 bits per heavy atom. The number of halogens is 1. The number of anilines is 1. The van der Waals surface area contributed by atoms with Gasteiger partial charge in [0.05, 0.1) is 12.2 Å². The molecule has 7 nitrogen and oxygen atoms in total. The molecule has 2 N–H and O–H groups in total. The summed E-state index contributed by atoms with van der Waals surface area (Å²) in [7, 11) is 0. The number of nitrogens with zero attached hydrogens (tertiary/aromatic N) is 3. The number of hydrogen-bond acceptors (Lipinski definition) is 7. The molecule has 3 aromatic rings. The van der Waals surface area contributed by atoms with Crippen LogP contribution in [0.5, 0.6) is 5.75 Å². The van der Waals surface area contributed by atoms with E-state index in [1.165, 1.54) is 11.8 Å². The molecule has 33 heavy (non-hydrogen) atoms. The van der Waals surface area contributed by atoms with Crippen LogP contribution in [0.3, 0.4) is 0 Å². The third-order valence-corrected chi connectivity index (χ3v) is 6.56. The molecule has 0 fully saturated rings. The minimum absolute atomic E-state index is 0.148. The summed E-state index contributed by atoms with van der Waals surface area (Å²) in [6.45, 7) is 4.24. The average Bonchev–Trinajstić information content (AvgIpc) is 3.20. The van der Waals surface area contributed by atoms with E-state index in [9.17, 15) is 9.90 Å². The number of fused-ring (bicyclic) bond motifs is 1. The fourth-order valence-corrected chi connectivity index (χ4v) is 4.68. The highest BCUT2D eigenvalue weighted by Crippen LogP contribution is 2.37. The van der Waals surface area contributed by atoms with E-state index in [2.05, 4.69) is 10.3 Å². The van der Waals surface area contributed by atoms with Crippen LogP contribution >= 0.6 is 23.4 Å². The zero-order chi connectivity index (χ0) is 23.4. The van der Waals surface area contributed by atoms with E-state index in [4.69, 9.17) is 21.4 Å². The molecule has 0 aliphatic carbocycles. The number of rotatable bonds is 8. The van der Waals surface area contributed by atoms with Crippen molar-refractivity contribution in [1.29, 1.82) is 0 Å². The molecule has 1 aromatic heterocycles. The van der Waals surface area contributed by atoms with Gasteiger partial charge in [-0.3, -0.25) is 0 Å². The molecule has 0 radical (unpaired) electrons. The lowest BCUT2D eigenvalue weighted by molar-refractivity contribution is -0.139. The highest BCUT2D eigenvalue weighted by Gasteiger charge is 2.35. The molecule has 2 heterocycles. The molecule has 0 saturated heterocycles. The van der Waals surface area contributed by atoms with Crippen molar-refractivity contribution in [3.05, 3.63) is 76.0 Å². The van der Waals surface area contributed by atoms with Crippen molar-refractivity contribution in [3.8, 4) is 5.75 Å². The van der Waals surface area contributed by atoms with Crippen molar-refractivity contribution < 1.29 is 14.6 Å². The zero-order valence-electron chi connectivity index (χ0n) is 18.4. The summed E-state index contributed by atoms with van der Waals surface area (Å²) in [5.74, 6) is 0.913. The van der Waals surface area contributed by atoms with Gasteiger partial charge in [-0.05, 0) is 42.7 Å². The Bertz CT molecular complexity index is 1180. The number of unbranched alkanes of at least 4 members (excludes halogenated alkanes) is 1. The van der Waals surface area contributed by atoms with E-state index in [-0.39, 0.29) is 5.75 Å². The number of carbonyl (C=O) groups excluding carboxylic acids is 1. The Morgan fingerprint density at radius 1 is 1.24 bits per heavy atom. The van der Waals surface area contributed by atoms with E-state index >= 15 is 0 Å². The number of aromatic nitrogens is 3. The minimum Gasteiger partial charge on any atom is -0.508 e. The molecule has 9 heteroatoms. The lowest BCUT2D eigenvalue weighted by Gasteiger charge is -2.28. The summed E-state index contributed by atoms with van der Waals surface area (Å²) in [5.41, 5.74) is 2.92. The molecule has 0 saturated carbocycles. The predicted octanol–water partition coefficient (Wildman–Crippen LogP) is 5.56. The number of phenols is 1. The Balaban J connectivity index is 1.66. The van der Waals surface area contributed by atoms with Crippen LogP contribution in [0.1, 0.15) is 43.9 Å². The minimum atomic E-state index is -0.530. The second-order valence-corrected chi connectivity index (χ2v) is 9.04. The normalized spacial score (nSPS) is 15.2. The average molecular weight is 485 g/mol. The molecule has 172 valence electrons. The quantitative estimate of drug-likeness (QED) is 0.245. The smallest absolute Gasteiger partial charge is 0.338 e. The van der Waals surface area contributed by atoms with Crippen LogP contribution in [0.2, 0.25) is 5.02 Å². The zero-order valence-corrected chi connectivity index (χ0v) is 20.0. The maximum atomic E-state index is 13.0. The fraction of sp³-hybridized carbons (Fsp3) is 0.292. The SMILES string of the molecule is CCCCOC(=O)C1=C(C)Nc2nc(SCc3ccccc3Cl)nn2C1c1ccc(O)cc1. The fourth-order valence-electron chi connectivity index (χ4n) is 3.57. The van der Waals surface area contributed by atoms with Gasteiger partial charge >= 0.3 is 5.97 Å². The van der Waals surface area contributed by atoms with E-state index in [0.717, 1.165) is 24.0 Å². The number of allylic oxidation sites excluding steroid dienone is 1. The number of aromatic hydroxyl groups is 1. The number of carbonyl (C=O) groups is 1. The maximum absolute atomic E-state index is 13.0. The van der Waals surface area contributed by atoms with E-state index in [1.54, 1.807) is 28.9 Å². The summed E-state index contributed by atoms with van der Waals surface area (Å²) in [6.07, 6.45) is 1.73. The molecule has 0 spiro atoms. The van der Waals surface area contributed by atoms with E-state index in [1.807, 2.05) is 38.1 Å². The monoisotopic (exact) mass is 484 g/mol. The Labute approximate surface area is 201 Å². The molecular formula is C24H25ClN4O3S. The summed E-state index contributed by atoms with van der Waals surface area (Å²) in [4.78, 5) is 17.7. The molecule has 1 atom stereocenters. The second-order valence-electron chi connectivity index (χ2n) is 7.69. The molecule has 1 unspecified atom stereocenters. The van der Waals surface area contributed by atoms with Crippen LogP contribution in [0.25, 0.3) is 0 Å². The van der Waals surface area contributed by atoms with Gasteiger partial charge in [0, 0.05) is 16.5 Å². The van der Waals surface area contributed by atoms with Crippen LogP contribution in [0.15, 0.2) is 65.0 Å². The molecule has 0 amide bonds. The number of ether oxygens (including phenoxy) is 1.